The summed E-state index contributed by atoms with van der Waals surface area (Å²) in [4.78, 5) is 10.3. The topological polar surface area (TPSA) is 37.3 Å². The summed E-state index contributed by atoms with van der Waals surface area (Å²) >= 11 is 0. The Balaban J connectivity index is 3.76. The van der Waals surface area contributed by atoms with E-state index in [0.717, 1.165) is 19.1 Å². The Bertz CT molecular complexity index is 90.9. The molecule has 0 heterocycles. The van der Waals surface area contributed by atoms with Crippen LogP contribution >= 0.6 is 0 Å². The van der Waals surface area contributed by atoms with Gasteiger partial charge in [-0.05, 0) is 6.42 Å². The number of aliphatic hydroxyl groups excluding tert-OH is 1. The number of aldehydes is 1. The summed E-state index contributed by atoms with van der Waals surface area (Å²) in [5.41, 5.74) is -0.491. The SMILES string of the molecule is CCCC(C)(C=O)CO. The highest BCUT2D eigenvalue weighted by atomic mass is 16.3. The molecular weight excluding hydrogens is 116 g/mol. The van der Waals surface area contributed by atoms with Gasteiger partial charge in [-0.1, -0.05) is 20.3 Å². The molecule has 0 aliphatic rings. The van der Waals surface area contributed by atoms with Crippen LogP contribution in [0.3, 0.4) is 0 Å². The third kappa shape index (κ3) is 2.61. The molecule has 1 atom stereocenters. The molecule has 1 unspecified atom stereocenters. The Labute approximate surface area is 55.9 Å². The summed E-state index contributed by atoms with van der Waals surface area (Å²) in [5, 5.41) is 8.69. The van der Waals surface area contributed by atoms with Gasteiger partial charge in [0.05, 0.1) is 6.61 Å². The van der Waals surface area contributed by atoms with E-state index in [0.29, 0.717) is 0 Å². The number of rotatable bonds is 4. The van der Waals surface area contributed by atoms with E-state index in [1.807, 2.05) is 6.92 Å². The Morgan fingerprint density at radius 3 is 2.33 bits per heavy atom. The maximum atomic E-state index is 10.3. The first-order valence-electron chi connectivity index (χ1n) is 3.25. The summed E-state index contributed by atoms with van der Waals surface area (Å²) in [5.74, 6) is 0. The number of carbonyl (C=O) groups excluding carboxylic acids is 1. The van der Waals surface area contributed by atoms with E-state index in [2.05, 4.69) is 0 Å². The van der Waals surface area contributed by atoms with E-state index >= 15 is 0 Å². The van der Waals surface area contributed by atoms with Crippen molar-refractivity contribution in [3.63, 3.8) is 0 Å². The van der Waals surface area contributed by atoms with Gasteiger partial charge in [0.25, 0.3) is 0 Å². The molecule has 0 aromatic rings. The first-order valence-corrected chi connectivity index (χ1v) is 3.25. The van der Waals surface area contributed by atoms with Crippen molar-refractivity contribution in [1.82, 2.24) is 0 Å². The van der Waals surface area contributed by atoms with Crippen molar-refractivity contribution < 1.29 is 9.90 Å². The number of aliphatic hydroxyl groups is 1. The van der Waals surface area contributed by atoms with E-state index in [-0.39, 0.29) is 6.61 Å². The molecule has 1 N–H and O–H groups in total. The molecule has 2 heteroatoms. The van der Waals surface area contributed by atoms with Crippen molar-refractivity contribution in [3.05, 3.63) is 0 Å². The van der Waals surface area contributed by atoms with E-state index in [9.17, 15) is 4.79 Å². The van der Waals surface area contributed by atoms with Gasteiger partial charge in [0.2, 0.25) is 0 Å². The normalized spacial score (nSPS) is 16.8. The molecule has 54 valence electrons. The summed E-state index contributed by atoms with van der Waals surface area (Å²) in [7, 11) is 0. The highest BCUT2D eigenvalue weighted by Crippen LogP contribution is 2.18. The lowest BCUT2D eigenvalue weighted by Gasteiger charge is -2.17. The van der Waals surface area contributed by atoms with Gasteiger partial charge in [0, 0.05) is 5.41 Å². The lowest BCUT2D eigenvalue weighted by Crippen LogP contribution is -2.22. The van der Waals surface area contributed by atoms with Crippen LogP contribution in [0.4, 0.5) is 0 Å². The van der Waals surface area contributed by atoms with Gasteiger partial charge in [0.1, 0.15) is 6.29 Å². The third-order valence-corrected chi connectivity index (χ3v) is 1.47. The van der Waals surface area contributed by atoms with Gasteiger partial charge in [-0.25, -0.2) is 0 Å². The largest absolute Gasteiger partial charge is 0.395 e. The Kier molecular flexibility index (Phi) is 3.47. The van der Waals surface area contributed by atoms with Crippen LogP contribution in [0.2, 0.25) is 0 Å². The Hall–Kier alpha value is -0.370. The first kappa shape index (κ1) is 8.63. The molecule has 0 aliphatic heterocycles. The minimum absolute atomic E-state index is 0.0374. The minimum Gasteiger partial charge on any atom is -0.395 e. The van der Waals surface area contributed by atoms with Crippen molar-refractivity contribution in [3.8, 4) is 0 Å². The smallest absolute Gasteiger partial charge is 0.128 e. The quantitative estimate of drug-likeness (QED) is 0.576. The summed E-state index contributed by atoms with van der Waals surface area (Å²) < 4.78 is 0. The van der Waals surface area contributed by atoms with Crippen LogP contribution in [-0.2, 0) is 4.79 Å². The Morgan fingerprint density at radius 2 is 2.22 bits per heavy atom. The van der Waals surface area contributed by atoms with Gasteiger partial charge >= 0.3 is 0 Å². The van der Waals surface area contributed by atoms with Gasteiger partial charge in [0.15, 0.2) is 0 Å². The van der Waals surface area contributed by atoms with Crippen molar-refractivity contribution in [2.24, 2.45) is 5.41 Å². The molecule has 2 nitrogen and oxygen atoms in total. The van der Waals surface area contributed by atoms with Crippen LogP contribution in [0.25, 0.3) is 0 Å². The molecule has 0 aromatic heterocycles. The van der Waals surface area contributed by atoms with E-state index in [4.69, 9.17) is 5.11 Å². The first-order chi connectivity index (χ1) is 4.18. The minimum atomic E-state index is -0.491. The van der Waals surface area contributed by atoms with Crippen molar-refractivity contribution >= 4 is 6.29 Å². The molecule has 0 amide bonds. The molecule has 0 radical (unpaired) electrons. The zero-order valence-electron chi connectivity index (χ0n) is 6.05. The second kappa shape index (κ2) is 3.62. The van der Waals surface area contributed by atoms with Crippen LogP contribution in [0.5, 0.6) is 0 Å². The van der Waals surface area contributed by atoms with Crippen molar-refractivity contribution in [2.75, 3.05) is 6.61 Å². The van der Waals surface area contributed by atoms with Crippen LogP contribution < -0.4 is 0 Å². The van der Waals surface area contributed by atoms with Gasteiger partial charge in [-0.2, -0.15) is 0 Å². The predicted octanol–water partition coefficient (Wildman–Crippen LogP) is 0.984. The van der Waals surface area contributed by atoms with E-state index in [1.54, 1.807) is 6.92 Å². The standard InChI is InChI=1S/C7H14O2/c1-3-4-7(2,5-8)6-9/h5,9H,3-4,6H2,1-2H3. The average molecular weight is 130 g/mol. The highest BCUT2D eigenvalue weighted by Gasteiger charge is 2.20. The van der Waals surface area contributed by atoms with Crippen LogP contribution in [0.15, 0.2) is 0 Å². The molecule has 0 saturated carbocycles. The molecule has 0 aliphatic carbocycles. The number of carbonyl (C=O) groups is 1. The maximum Gasteiger partial charge on any atom is 0.128 e. The number of hydrogen-bond acceptors (Lipinski definition) is 2. The number of hydrogen-bond donors (Lipinski definition) is 1. The van der Waals surface area contributed by atoms with Crippen molar-refractivity contribution in [1.29, 1.82) is 0 Å². The molecule has 0 saturated heterocycles. The van der Waals surface area contributed by atoms with E-state index < -0.39 is 5.41 Å². The van der Waals surface area contributed by atoms with Crippen LogP contribution in [0, 0.1) is 5.41 Å². The van der Waals surface area contributed by atoms with Crippen molar-refractivity contribution in [2.45, 2.75) is 26.7 Å². The van der Waals surface area contributed by atoms with Crippen LogP contribution in [0.1, 0.15) is 26.7 Å². The lowest BCUT2D eigenvalue weighted by atomic mass is 9.89. The fourth-order valence-corrected chi connectivity index (χ4v) is 0.746. The van der Waals surface area contributed by atoms with Gasteiger partial charge in [-0.3, -0.25) is 0 Å². The molecule has 0 bridgehead atoms. The molecule has 0 rings (SSSR count). The Morgan fingerprint density at radius 1 is 1.67 bits per heavy atom. The lowest BCUT2D eigenvalue weighted by molar-refractivity contribution is -0.117. The fourth-order valence-electron chi connectivity index (χ4n) is 0.746. The zero-order chi connectivity index (χ0) is 7.33. The molecular formula is C7H14O2. The summed E-state index contributed by atoms with van der Waals surface area (Å²) in [6, 6.07) is 0. The maximum absolute atomic E-state index is 10.3. The predicted molar refractivity (Wildman–Crippen MR) is 36.2 cm³/mol. The fraction of sp³-hybridized carbons (Fsp3) is 0.857. The zero-order valence-corrected chi connectivity index (χ0v) is 6.05. The van der Waals surface area contributed by atoms with E-state index in [1.165, 1.54) is 0 Å². The molecule has 0 aromatic carbocycles. The average Bonchev–Trinajstić information content (AvgIpc) is 1.89. The molecule has 0 spiro atoms. The third-order valence-electron chi connectivity index (χ3n) is 1.47. The van der Waals surface area contributed by atoms with Gasteiger partial charge in [-0.15, -0.1) is 0 Å². The second-order valence-corrected chi connectivity index (χ2v) is 2.68. The monoisotopic (exact) mass is 130 g/mol. The summed E-state index contributed by atoms with van der Waals surface area (Å²) in [6.45, 7) is 3.73. The molecule has 0 fully saturated rings. The summed E-state index contributed by atoms with van der Waals surface area (Å²) in [6.07, 6.45) is 2.54. The molecule has 9 heavy (non-hydrogen) atoms. The second-order valence-electron chi connectivity index (χ2n) is 2.68. The van der Waals surface area contributed by atoms with Crippen LogP contribution in [-0.4, -0.2) is 18.0 Å². The van der Waals surface area contributed by atoms with Gasteiger partial charge < -0.3 is 9.90 Å². The highest BCUT2D eigenvalue weighted by molar-refractivity contribution is 5.58.